The largest absolute Gasteiger partial charge is 0.337 e. The second kappa shape index (κ2) is 6.93. The van der Waals surface area contributed by atoms with Crippen LogP contribution in [0.15, 0.2) is 12.3 Å². The number of aromatic nitrogens is 2. The number of hydrogen-bond donors (Lipinski definition) is 2. The van der Waals surface area contributed by atoms with Crippen LogP contribution in [0.5, 0.6) is 0 Å². The number of carbonyl (C=O) groups is 1. The first-order valence-electron chi connectivity index (χ1n) is 7.88. The number of hydrogen-bond acceptors (Lipinski definition) is 4. The van der Waals surface area contributed by atoms with Crippen LogP contribution in [0.2, 0.25) is 0 Å². The smallest absolute Gasteiger partial charge is 0.235 e. The highest BCUT2D eigenvalue weighted by Gasteiger charge is 2.31. The van der Waals surface area contributed by atoms with Crippen molar-refractivity contribution in [3.8, 4) is 6.07 Å². The van der Waals surface area contributed by atoms with Gasteiger partial charge in [0.05, 0.1) is 12.6 Å². The van der Waals surface area contributed by atoms with E-state index in [9.17, 15) is 10.1 Å². The second-order valence-corrected chi connectivity index (χ2v) is 6.58. The molecule has 0 aromatic carbocycles. The van der Waals surface area contributed by atoms with Crippen molar-refractivity contribution in [2.75, 3.05) is 19.6 Å². The van der Waals surface area contributed by atoms with E-state index in [0.717, 1.165) is 25.9 Å². The van der Waals surface area contributed by atoms with Crippen LogP contribution in [0.1, 0.15) is 45.2 Å². The van der Waals surface area contributed by atoms with Gasteiger partial charge in [-0.05, 0) is 44.8 Å². The van der Waals surface area contributed by atoms with Crippen molar-refractivity contribution in [1.29, 1.82) is 5.26 Å². The van der Waals surface area contributed by atoms with Crippen molar-refractivity contribution < 1.29 is 4.79 Å². The van der Waals surface area contributed by atoms with Gasteiger partial charge in [-0.15, -0.1) is 0 Å². The quantitative estimate of drug-likeness (QED) is 0.866. The first-order chi connectivity index (χ1) is 10.4. The van der Waals surface area contributed by atoms with Gasteiger partial charge in [0.15, 0.2) is 0 Å². The molecule has 0 unspecified atom stereocenters. The topological polar surface area (TPSA) is 84.8 Å². The minimum atomic E-state index is -0.800. The fourth-order valence-electron chi connectivity index (χ4n) is 2.73. The van der Waals surface area contributed by atoms with Crippen LogP contribution in [0, 0.1) is 17.2 Å². The van der Waals surface area contributed by atoms with Crippen molar-refractivity contribution in [3.63, 3.8) is 0 Å². The zero-order valence-electron chi connectivity index (χ0n) is 13.6. The van der Waals surface area contributed by atoms with Gasteiger partial charge in [-0.25, -0.2) is 0 Å². The Balaban J connectivity index is 1.81. The van der Waals surface area contributed by atoms with E-state index in [-0.39, 0.29) is 11.8 Å². The van der Waals surface area contributed by atoms with Crippen molar-refractivity contribution >= 4 is 5.91 Å². The van der Waals surface area contributed by atoms with Gasteiger partial charge >= 0.3 is 0 Å². The summed E-state index contributed by atoms with van der Waals surface area (Å²) in [5.41, 5.74) is 0.381. The lowest BCUT2D eigenvalue weighted by molar-refractivity contribution is -0.124. The van der Waals surface area contributed by atoms with Gasteiger partial charge in [0, 0.05) is 17.8 Å². The third-order valence-corrected chi connectivity index (χ3v) is 4.70. The van der Waals surface area contributed by atoms with Gasteiger partial charge < -0.3 is 5.32 Å². The van der Waals surface area contributed by atoms with E-state index in [1.807, 2.05) is 19.9 Å². The number of nitrogens with one attached hydrogen (secondary N) is 2. The molecule has 0 saturated carbocycles. The van der Waals surface area contributed by atoms with Crippen molar-refractivity contribution in [2.45, 2.75) is 45.1 Å². The van der Waals surface area contributed by atoms with Crippen LogP contribution >= 0.6 is 0 Å². The van der Waals surface area contributed by atoms with Gasteiger partial charge in [0.25, 0.3) is 0 Å². The van der Waals surface area contributed by atoms with E-state index in [4.69, 9.17) is 0 Å². The highest BCUT2D eigenvalue weighted by atomic mass is 16.2. The summed E-state index contributed by atoms with van der Waals surface area (Å²) < 4.78 is 0. The number of rotatable bonds is 5. The van der Waals surface area contributed by atoms with E-state index in [1.165, 1.54) is 5.69 Å². The Morgan fingerprint density at radius 3 is 2.77 bits per heavy atom. The molecule has 1 aromatic rings. The summed E-state index contributed by atoms with van der Waals surface area (Å²) in [4.78, 5) is 14.3. The lowest BCUT2D eigenvalue weighted by atomic mass is 9.90. The molecule has 1 amide bonds. The van der Waals surface area contributed by atoms with Gasteiger partial charge in [-0.2, -0.15) is 10.4 Å². The fraction of sp³-hybridized carbons (Fsp3) is 0.688. The first kappa shape index (κ1) is 16.5. The van der Waals surface area contributed by atoms with Gasteiger partial charge in [0.2, 0.25) is 5.91 Å². The van der Waals surface area contributed by atoms with Crippen molar-refractivity contribution in [1.82, 2.24) is 20.4 Å². The standard InChI is InChI=1S/C16H25N5O/c1-12(2)16(3,11-17)19-15(22)10-21-8-5-13(6-9-21)14-4-7-18-20-14/h4,7,12-13H,5-6,8-10H2,1-3H3,(H,18,20)(H,19,22)/t16-/m1/s1. The lowest BCUT2D eigenvalue weighted by Crippen LogP contribution is -2.52. The Kier molecular flexibility index (Phi) is 5.19. The maximum atomic E-state index is 12.2. The van der Waals surface area contributed by atoms with E-state index < -0.39 is 5.54 Å². The molecule has 2 rings (SSSR count). The Bertz CT molecular complexity index is 525. The number of amides is 1. The summed E-state index contributed by atoms with van der Waals surface area (Å²) >= 11 is 0. The first-order valence-corrected chi connectivity index (χ1v) is 7.88. The zero-order valence-corrected chi connectivity index (χ0v) is 13.6. The SMILES string of the molecule is CC(C)[C@@](C)(C#N)NC(=O)CN1CCC(c2ccn[nH]2)CC1. The van der Waals surface area contributed by atoms with Crippen LogP contribution in [-0.4, -0.2) is 46.2 Å². The normalized spacial score (nSPS) is 19.6. The molecule has 1 fully saturated rings. The van der Waals surface area contributed by atoms with Gasteiger partial charge in [-0.1, -0.05) is 13.8 Å². The molecule has 1 aromatic heterocycles. The lowest BCUT2D eigenvalue weighted by Gasteiger charge is -2.33. The van der Waals surface area contributed by atoms with Crippen LogP contribution in [0.3, 0.4) is 0 Å². The number of piperidine rings is 1. The van der Waals surface area contributed by atoms with Crippen LogP contribution in [-0.2, 0) is 4.79 Å². The monoisotopic (exact) mass is 303 g/mol. The molecular weight excluding hydrogens is 278 g/mol. The zero-order chi connectivity index (χ0) is 16.2. The summed E-state index contributed by atoms with van der Waals surface area (Å²) in [5, 5.41) is 19.2. The van der Waals surface area contributed by atoms with Gasteiger partial charge in [-0.3, -0.25) is 14.8 Å². The summed E-state index contributed by atoms with van der Waals surface area (Å²) in [6, 6.07) is 4.23. The van der Waals surface area contributed by atoms with Crippen LogP contribution in [0.4, 0.5) is 0 Å². The molecule has 2 N–H and O–H groups in total. The maximum Gasteiger partial charge on any atom is 0.235 e. The predicted molar refractivity (Wildman–Crippen MR) is 84.0 cm³/mol. The number of aromatic amines is 1. The number of H-pyrrole nitrogens is 1. The third kappa shape index (κ3) is 3.86. The molecular formula is C16H25N5O. The Hall–Kier alpha value is -1.87. The fourth-order valence-corrected chi connectivity index (χ4v) is 2.73. The van der Waals surface area contributed by atoms with Crippen molar-refractivity contribution in [2.24, 2.45) is 5.92 Å². The minimum Gasteiger partial charge on any atom is -0.337 e. The van der Waals surface area contributed by atoms with Crippen molar-refractivity contribution in [3.05, 3.63) is 18.0 Å². The molecule has 120 valence electrons. The molecule has 0 aliphatic carbocycles. The number of nitrogens with zero attached hydrogens (tertiary/aromatic N) is 3. The summed E-state index contributed by atoms with van der Waals surface area (Å²) in [6.07, 6.45) is 3.83. The molecule has 6 nitrogen and oxygen atoms in total. The van der Waals surface area contributed by atoms with Crippen LogP contribution < -0.4 is 5.32 Å². The Morgan fingerprint density at radius 2 is 2.27 bits per heavy atom. The Labute approximate surface area is 131 Å². The van der Waals surface area contributed by atoms with E-state index in [2.05, 4.69) is 26.5 Å². The van der Waals surface area contributed by atoms with E-state index in [1.54, 1.807) is 13.1 Å². The summed E-state index contributed by atoms with van der Waals surface area (Å²) in [5.74, 6) is 0.507. The van der Waals surface area contributed by atoms with Gasteiger partial charge in [0.1, 0.15) is 5.54 Å². The second-order valence-electron chi connectivity index (χ2n) is 6.58. The predicted octanol–water partition coefficient (Wildman–Crippen LogP) is 1.64. The molecule has 1 saturated heterocycles. The maximum absolute atomic E-state index is 12.2. The minimum absolute atomic E-state index is 0.0715. The molecule has 1 aliphatic heterocycles. The molecule has 1 aliphatic rings. The van der Waals surface area contributed by atoms with E-state index in [0.29, 0.717) is 12.5 Å². The third-order valence-electron chi connectivity index (χ3n) is 4.70. The molecule has 2 heterocycles. The highest BCUT2D eigenvalue weighted by molar-refractivity contribution is 5.79. The molecule has 0 spiro atoms. The summed E-state index contributed by atoms with van der Waals surface area (Å²) in [7, 11) is 0. The molecule has 22 heavy (non-hydrogen) atoms. The highest BCUT2D eigenvalue weighted by Crippen LogP contribution is 2.26. The molecule has 6 heteroatoms. The Morgan fingerprint density at radius 1 is 1.59 bits per heavy atom. The molecule has 1 atom stereocenters. The number of likely N-dealkylation sites (tertiary alicyclic amines) is 1. The van der Waals surface area contributed by atoms with E-state index >= 15 is 0 Å². The summed E-state index contributed by atoms with van der Waals surface area (Å²) in [6.45, 7) is 7.81. The van der Waals surface area contributed by atoms with Crippen LogP contribution in [0.25, 0.3) is 0 Å². The number of carbonyl (C=O) groups excluding carboxylic acids is 1. The molecule has 0 radical (unpaired) electrons. The molecule has 0 bridgehead atoms. The average molecular weight is 303 g/mol. The number of nitriles is 1. The average Bonchev–Trinajstić information content (AvgIpc) is 3.01.